The summed E-state index contributed by atoms with van der Waals surface area (Å²) < 4.78 is 7.55. The number of hydrogen-bond acceptors (Lipinski definition) is 5. The number of rotatable bonds is 5. The first-order valence-corrected chi connectivity index (χ1v) is 9.24. The fraction of sp³-hybridized carbons (Fsp3) is 0.500. The van der Waals surface area contributed by atoms with Crippen molar-refractivity contribution in [3.63, 3.8) is 0 Å². The monoisotopic (exact) mass is 361 g/mol. The molecule has 0 aromatic carbocycles. The van der Waals surface area contributed by atoms with Crippen LogP contribution in [0.5, 0.6) is 0 Å². The van der Waals surface area contributed by atoms with Crippen LogP contribution >= 0.6 is 11.3 Å². The van der Waals surface area contributed by atoms with Crippen LogP contribution in [-0.4, -0.2) is 27.5 Å². The number of hydrogen-bond donors (Lipinski definition) is 1. The molecule has 0 saturated heterocycles. The van der Waals surface area contributed by atoms with Gasteiger partial charge in [-0.15, -0.1) is 11.3 Å². The lowest BCUT2D eigenvalue weighted by Gasteiger charge is -2.13. The molecule has 0 aliphatic heterocycles. The summed E-state index contributed by atoms with van der Waals surface area (Å²) in [6.07, 6.45) is 1.41. The molecule has 7 heteroatoms. The van der Waals surface area contributed by atoms with Crippen LogP contribution in [0.15, 0.2) is 6.07 Å². The third-order valence-electron chi connectivity index (χ3n) is 4.53. The number of thiazole rings is 1. The lowest BCUT2D eigenvalue weighted by atomic mass is 10.2. The number of anilines is 1. The van der Waals surface area contributed by atoms with E-state index in [0.29, 0.717) is 16.7 Å². The minimum absolute atomic E-state index is 0.377. The standard InChI is InChI=1S/C18H23N3O3S/c1-9-8-15(11(3)21(9)14-6-7-14)17(23)24-12(4)16(22)20-18-19-10(2)13(5)25-18/h8,12,14H,6-7H2,1-5H3,(H,19,20,22)/t12-/m0/s1. The molecule has 0 unspecified atom stereocenters. The second-order valence-corrected chi connectivity index (χ2v) is 7.79. The summed E-state index contributed by atoms with van der Waals surface area (Å²) in [5.74, 6) is -0.841. The van der Waals surface area contributed by atoms with E-state index in [4.69, 9.17) is 4.74 Å². The van der Waals surface area contributed by atoms with Crippen molar-refractivity contribution in [2.45, 2.75) is 59.6 Å². The molecule has 25 heavy (non-hydrogen) atoms. The van der Waals surface area contributed by atoms with Gasteiger partial charge < -0.3 is 9.30 Å². The lowest BCUT2D eigenvalue weighted by molar-refractivity contribution is -0.123. The van der Waals surface area contributed by atoms with E-state index in [9.17, 15) is 9.59 Å². The van der Waals surface area contributed by atoms with Crippen LogP contribution in [0, 0.1) is 27.7 Å². The second-order valence-electron chi connectivity index (χ2n) is 6.58. The Morgan fingerprint density at radius 1 is 1.32 bits per heavy atom. The maximum atomic E-state index is 12.5. The summed E-state index contributed by atoms with van der Waals surface area (Å²) in [5.41, 5.74) is 3.38. The number of nitrogens with zero attached hydrogens (tertiary/aromatic N) is 2. The van der Waals surface area contributed by atoms with Crippen LogP contribution < -0.4 is 5.32 Å². The second kappa shape index (κ2) is 6.63. The number of nitrogens with one attached hydrogen (secondary N) is 1. The zero-order valence-electron chi connectivity index (χ0n) is 15.2. The van der Waals surface area contributed by atoms with Crippen molar-refractivity contribution < 1.29 is 14.3 Å². The zero-order chi connectivity index (χ0) is 18.3. The Labute approximate surface area is 151 Å². The first-order valence-electron chi connectivity index (χ1n) is 8.42. The third kappa shape index (κ3) is 3.61. The molecular formula is C18H23N3O3S. The molecule has 1 saturated carbocycles. The molecule has 1 aliphatic rings. The van der Waals surface area contributed by atoms with Gasteiger partial charge in [0.2, 0.25) is 0 Å². The predicted molar refractivity (Wildman–Crippen MR) is 97.3 cm³/mol. The molecule has 1 atom stereocenters. The van der Waals surface area contributed by atoms with Gasteiger partial charge >= 0.3 is 5.97 Å². The minimum atomic E-state index is -0.888. The maximum Gasteiger partial charge on any atom is 0.340 e. The summed E-state index contributed by atoms with van der Waals surface area (Å²) >= 11 is 1.41. The van der Waals surface area contributed by atoms with Crippen molar-refractivity contribution in [2.75, 3.05) is 5.32 Å². The molecular weight excluding hydrogens is 338 g/mol. The highest BCUT2D eigenvalue weighted by molar-refractivity contribution is 7.15. The third-order valence-corrected chi connectivity index (χ3v) is 5.52. The quantitative estimate of drug-likeness (QED) is 0.824. The molecule has 2 aromatic rings. The summed E-state index contributed by atoms with van der Waals surface area (Å²) in [7, 11) is 0. The average molecular weight is 361 g/mol. The average Bonchev–Trinajstić information content (AvgIpc) is 3.25. The highest BCUT2D eigenvalue weighted by Crippen LogP contribution is 2.38. The highest BCUT2D eigenvalue weighted by atomic mass is 32.1. The van der Waals surface area contributed by atoms with Crippen LogP contribution in [0.25, 0.3) is 0 Å². The number of carbonyl (C=O) groups excluding carboxylic acids is 2. The summed E-state index contributed by atoms with van der Waals surface area (Å²) in [6, 6.07) is 2.34. The largest absolute Gasteiger partial charge is 0.449 e. The smallest absolute Gasteiger partial charge is 0.340 e. The van der Waals surface area contributed by atoms with Crippen molar-refractivity contribution in [1.82, 2.24) is 9.55 Å². The zero-order valence-corrected chi connectivity index (χ0v) is 16.0. The van der Waals surface area contributed by atoms with E-state index in [2.05, 4.69) is 14.9 Å². The normalized spacial score (nSPS) is 15.1. The van der Waals surface area contributed by atoms with Gasteiger partial charge in [0.15, 0.2) is 11.2 Å². The topological polar surface area (TPSA) is 73.2 Å². The van der Waals surface area contributed by atoms with Gasteiger partial charge in [0, 0.05) is 22.3 Å². The Balaban J connectivity index is 1.66. The lowest BCUT2D eigenvalue weighted by Crippen LogP contribution is -2.30. The van der Waals surface area contributed by atoms with Gasteiger partial charge in [0.1, 0.15) is 0 Å². The van der Waals surface area contributed by atoms with E-state index in [1.54, 1.807) is 6.92 Å². The van der Waals surface area contributed by atoms with Crippen LogP contribution in [0.3, 0.4) is 0 Å². The van der Waals surface area contributed by atoms with Crippen molar-refractivity contribution in [1.29, 1.82) is 0 Å². The molecule has 0 spiro atoms. The van der Waals surface area contributed by atoms with E-state index in [-0.39, 0.29) is 5.91 Å². The molecule has 1 N–H and O–H groups in total. The summed E-state index contributed by atoms with van der Waals surface area (Å²) in [6.45, 7) is 9.32. The molecule has 1 amide bonds. The van der Waals surface area contributed by atoms with E-state index in [1.807, 2.05) is 33.8 Å². The Kier molecular flexibility index (Phi) is 4.69. The predicted octanol–water partition coefficient (Wildman–Crippen LogP) is 3.70. The van der Waals surface area contributed by atoms with Crippen LogP contribution in [0.4, 0.5) is 5.13 Å². The number of amides is 1. The summed E-state index contributed by atoms with van der Waals surface area (Å²) in [4.78, 5) is 30.0. The number of aromatic nitrogens is 2. The Morgan fingerprint density at radius 2 is 2.00 bits per heavy atom. The minimum Gasteiger partial charge on any atom is -0.449 e. The van der Waals surface area contributed by atoms with Gasteiger partial charge in [-0.2, -0.15) is 0 Å². The maximum absolute atomic E-state index is 12.5. The van der Waals surface area contributed by atoms with Gasteiger partial charge in [-0.3, -0.25) is 10.1 Å². The molecule has 0 bridgehead atoms. The fourth-order valence-corrected chi connectivity index (χ4v) is 3.71. The van der Waals surface area contributed by atoms with Crippen molar-refractivity contribution in [3.05, 3.63) is 33.6 Å². The number of carbonyl (C=O) groups is 2. The molecule has 1 fully saturated rings. The number of ether oxygens (including phenoxy) is 1. The molecule has 134 valence electrons. The highest BCUT2D eigenvalue weighted by Gasteiger charge is 2.29. The fourth-order valence-electron chi connectivity index (χ4n) is 2.89. The van der Waals surface area contributed by atoms with Crippen LogP contribution in [0.2, 0.25) is 0 Å². The van der Waals surface area contributed by atoms with Gasteiger partial charge in [0.25, 0.3) is 5.91 Å². The Bertz CT molecular complexity index is 813. The van der Waals surface area contributed by atoms with Crippen LogP contribution in [-0.2, 0) is 9.53 Å². The molecule has 2 heterocycles. The van der Waals surface area contributed by atoms with Crippen molar-refractivity contribution in [3.8, 4) is 0 Å². The van der Waals surface area contributed by atoms with E-state index >= 15 is 0 Å². The first kappa shape index (κ1) is 17.7. The molecule has 1 aliphatic carbocycles. The molecule has 6 nitrogen and oxygen atoms in total. The van der Waals surface area contributed by atoms with Gasteiger partial charge in [0.05, 0.1) is 11.3 Å². The Hall–Kier alpha value is -2.15. The Morgan fingerprint density at radius 3 is 2.56 bits per heavy atom. The number of aryl methyl sites for hydroxylation is 3. The van der Waals surface area contributed by atoms with Gasteiger partial charge in [-0.25, -0.2) is 9.78 Å². The molecule has 2 aromatic heterocycles. The van der Waals surface area contributed by atoms with Gasteiger partial charge in [-0.1, -0.05) is 0 Å². The SMILES string of the molecule is Cc1nc(NC(=O)[C@H](C)OC(=O)c2cc(C)n(C3CC3)c2C)sc1C. The van der Waals surface area contributed by atoms with Crippen LogP contribution in [0.1, 0.15) is 58.1 Å². The van der Waals surface area contributed by atoms with E-state index < -0.39 is 12.1 Å². The van der Waals surface area contributed by atoms with E-state index in [1.165, 1.54) is 11.3 Å². The van der Waals surface area contributed by atoms with Crippen molar-refractivity contribution in [2.24, 2.45) is 0 Å². The summed E-state index contributed by atoms with van der Waals surface area (Å²) in [5, 5.41) is 3.23. The molecule has 3 rings (SSSR count). The van der Waals surface area contributed by atoms with Crippen molar-refractivity contribution >= 4 is 28.3 Å². The van der Waals surface area contributed by atoms with Gasteiger partial charge in [-0.05, 0) is 53.5 Å². The molecule has 0 radical (unpaired) electrons. The van der Waals surface area contributed by atoms with E-state index in [0.717, 1.165) is 34.8 Å². The first-order chi connectivity index (χ1) is 11.8. The number of esters is 1.